The van der Waals surface area contributed by atoms with Crippen LogP contribution in [0.5, 0.6) is 0 Å². The van der Waals surface area contributed by atoms with Crippen molar-refractivity contribution in [3.8, 4) is 6.07 Å². The molecule has 122 valence electrons. The van der Waals surface area contributed by atoms with E-state index in [-0.39, 0.29) is 6.09 Å². The van der Waals surface area contributed by atoms with Crippen molar-refractivity contribution in [2.45, 2.75) is 26.4 Å². The third-order valence-electron chi connectivity index (χ3n) is 4.50. The number of fused-ring (bicyclic) bond motifs is 1. The van der Waals surface area contributed by atoms with Crippen LogP contribution in [0.2, 0.25) is 0 Å². The van der Waals surface area contributed by atoms with E-state index in [1.165, 1.54) is 0 Å². The van der Waals surface area contributed by atoms with Gasteiger partial charge >= 0.3 is 6.09 Å². The highest BCUT2D eigenvalue weighted by Gasteiger charge is 2.43. The number of likely N-dealkylation sites (tertiary alicyclic amines) is 1. The van der Waals surface area contributed by atoms with Crippen molar-refractivity contribution in [3.63, 3.8) is 0 Å². The van der Waals surface area contributed by atoms with Gasteiger partial charge in [0.2, 0.25) is 0 Å². The van der Waals surface area contributed by atoms with Gasteiger partial charge in [-0.25, -0.2) is 4.79 Å². The van der Waals surface area contributed by atoms with Crippen LogP contribution in [-0.4, -0.2) is 42.8 Å². The zero-order valence-corrected chi connectivity index (χ0v) is 14.0. The minimum absolute atomic E-state index is 0.212. The van der Waals surface area contributed by atoms with Crippen LogP contribution < -0.4 is 4.90 Å². The molecule has 0 N–H and O–H groups in total. The summed E-state index contributed by atoms with van der Waals surface area (Å²) in [6, 6.07) is 9.99. The maximum atomic E-state index is 12.2. The Morgan fingerprint density at radius 2 is 1.78 bits per heavy atom. The first kappa shape index (κ1) is 15.7. The maximum Gasteiger partial charge on any atom is 0.410 e. The summed E-state index contributed by atoms with van der Waals surface area (Å²) in [5.41, 5.74) is 1.27. The summed E-state index contributed by atoms with van der Waals surface area (Å²) in [5, 5.41) is 9.26. The standard InChI is InChI=1S/C18H23N3O2/c1-18(2,3)23-17(22)21-11-14-9-20(10-15(14)12-21)16-7-5-4-6-13(16)8-19/h4-7,14-15H,9-12H2,1-3H3. The zero-order valence-electron chi connectivity index (χ0n) is 14.0. The van der Waals surface area contributed by atoms with E-state index in [0.29, 0.717) is 11.8 Å². The fourth-order valence-corrected chi connectivity index (χ4v) is 3.51. The van der Waals surface area contributed by atoms with E-state index in [4.69, 9.17) is 4.74 Å². The zero-order chi connectivity index (χ0) is 16.6. The Hall–Kier alpha value is -2.22. The Morgan fingerprint density at radius 3 is 2.35 bits per heavy atom. The summed E-state index contributed by atoms with van der Waals surface area (Å²) in [7, 11) is 0. The summed E-state index contributed by atoms with van der Waals surface area (Å²) < 4.78 is 5.47. The van der Waals surface area contributed by atoms with Crippen LogP contribution in [0.25, 0.3) is 0 Å². The molecule has 23 heavy (non-hydrogen) atoms. The molecule has 1 amide bonds. The molecule has 2 aliphatic rings. The molecule has 1 aromatic carbocycles. The van der Waals surface area contributed by atoms with Crippen molar-refractivity contribution in [3.05, 3.63) is 29.8 Å². The van der Waals surface area contributed by atoms with E-state index < -0.39 is 5.60 Å². The molecule has 0 bridgehead atoms. The van der Waals surface area contributed by atoms with Gasteiger partial charge in [-0.2, -0.15) is 5.26 Å². The smallest absolute Gasteiger partial charge is 0.410 e. The van der Waals surface area contributed by atoms with Crippen molar-refractivity contribution in [2.75, 3.05) is 31.1 Å². The predicted molar refractivity (Wildman–Crippen MR) is 88.2 cm³/mol. The molecule has 2 aliphatic heterocycles. The van der Waals surface area contributed by atoms with Crippen LogP contribution in [-0.2, 0) is 4.74 Å². The van der Waals surface area contributed by atoms with Gasteiger partial charge in [-0.15, -0.1) is 0 Å². The monoisotopic (exact) mass is 313 g/mol. The van der Waals surface area contributed by atoms with Crippen molar-refractivity contribution < 1.29 is 9.53 Å². The molecule has 0 aliphatic carbocycles. The quantitative estimate of drug-likeness (QED) is 0.800. The summed E-state index contributed by atoms with van der Waals surface area (Å²) in [4.78, 5) is 16.3. The number of nitriles is 1. The van der Waals surface area contributed by atoms with Crippen LogP contribution in [0, 0.1) is 23.2 Å². The number of benzene rings is 1. The highest BCUT2D eigenvalue weighted by atomic mass is 16.6. The second kappa shape index (κ2) is 5.77. The lowest BCUT2D eigenvalue weighted by molar-refractivity contribution is 0.0282. The Bertz CT molecular complexity index is 630. The molecular weight excluding hydrogens is 290 g/mol. The van der Waals surface area contributed by atoms with Gasteiger partial charge in [-0.1, -0.05) is 12.1 Å². The lowest BCUT2D eigenvalue weighted by Crippen LogP contribution is -2.37. The van der Waals surface area contributed by atoms with Gasteiger partial charge in [0.05, 0.1) is 11.3 Å². The summed E-state index contributed by atoms with van der Waals surface area (Å²) in [6.07, 6.45) is -0.212. The molecule has 0 aromatic heterocycles. The van der Waals surface area contributed by atoms with E-state index in [1.54, 1.807) is 0 Å². The molecule has 2 unspecified atom stereocenters. The molecule has 2 fully saturated rings. The molecular formula is C18H23N3O2. The van der Waals surface area contributed by atoms with Crippen molar-refractivity contribution in [2.24, 2.45) is 11.8 Å². The van der Waals surface area contributed by atoms with E-state index in [2.05, 4.69) is 11.0 Å². The molecule has 0 saturated carbocycles. The van der Waals surface area contributed by atoms with Gasteiger partial charge in [0.25, 0.3) is 0 Å². The number of para-hydroxylation sites is 1. The molecule has 0 radical (unpaired) electrons. The van der Waals surface area contributed by atoms with Gasteiger partial charge in [-0.3, -0.25) is 0 Å². The number of hydrogen-bond acceptors (Lipinski definition) is 4. The SMILES string of the molecule is CC(C)(C)OC(=O)N1CC2CN(c3ccccc3C#N)CC2C1. The van der Waals surface area contributed by atoms with E-state index in [9.17, 15) is 10.1 Å². The number of amides is 1. The highest BCUT2D eigenvalue weighted by Crippen LogP contribution is 2.35. The van der Waals surface area contributed by atoms with Gasteiger partial charge < -0.3 is 14.5 Å². The van der Waals surface area contributed by atoms with Crippen LogP contribution in [0.15, 0.2) is 24.3 Å². The Kier molecular flexibility index (Phi) is 3.93. The Labute approximate surface area is 137 Å². The number of ether oxygens (including phenoxy) is 1. The van der Waals surface area contributed by atoms with Crippen LogP contribution in [0.3, 0.4) is 0 Å². The van der Waals surface area contributed by atoms with E-state index in [0.717, 1.165) is 37.4 Å². The first-order chi connectivity index (χ1) is 10.9. The van der Waals surface area contributed by atoms with Crippen molar-refractivity contribution in [1.82, 2.24) is 4.90 Å². The van der Waals surface area contributed by atoms with Gasteiger partial charge in [0.1, 0.15) is 11.7 Å². The first-order valence-electron chi connectivity index (χ1n) is 8.09. The number of carbonyl (C=O) groups is 1. The normalized spacial score (nSPS) is 23.6. The fraction of sp³-hybridized carbons (Fsp3) is 0.556. The van der Waals surface area contributed by atoms with Crippen LogP contribution in [0.1, 0.15) is 26.3 Å². The highest BCUT2D eigenvalue weighted by molar-refractivity contribution is 5.69. The number of rotatable bonds is 1. The number of carbonyl (C=O) groups excluding carboxylic acids is 1. The fourth-order valence-electron chi connectivity index (χ4n) is 3.51. The lowest BCUT2D eigenvalue weighted by atomic mass is 10.0. The van der Waals surface area contributed by atoms with Crippen LogP contribution in [0.4, 0.5) is 10.5 Å². The Balaban J connectivity index is 1.64. The third-order valence-corrected chi connectivity index (χ3v) is 4.50. The van der Waals surface area contributed by atoms with Crippen LogP contribution >= 0.6 is 0 Å². The molecule has 5 heteroatoms. The van der Waals surface area contributed by atoms with E-state index in [1.807, 2.05) is 49.9 Å². The molecule has 3 rings (SSSR count). The molecule has 2 saturated heterocycles. The summed E-state index contributed by atoms with van der Waals surface area (Å²) in [6.45, 7) is 8.94. The van der Waals surface area contributed by atoms with E-state index >= 15 is 0 Å². The van der Waals surface area contributed by atoms with Crippen molar-refractivity contribution in [1.29, 1.82) is 5.26 Å². The topological polar surface area (TPSA) is 56.6 Å². The third kappa shape index (κ3) is 3.26. The Morgan fingerprint density at radius 1 is 1.17 bits per heavy atom. The molecule has 2 heterocycles. The second-order valence-corrected chi connectivity index (χ2v) is 7.44. The maximum absolute atomic E-state index is 12.2. The molecule has 2 atom stereocenters. The largest absolute Gasteiger partial charge is 0.444 e. The molecule has 1 aromatic rings. The molecule has 5 nitrogen and oxygen atoms in total. The summed E-state index contributed by atoms with van der Waals surface area (Å²) in [5.74, 6) is 0.906. The predicted octanol–water partition coefficient (Wildman–Crippen LogP) is 2.86. The van der Waals surface area contributed by atoms with Gasteiger partial charge in [0.15, 0.2) is 0 Å². The minimum Gasteiger partial charge on any atom is -0.444 e. The number of nitrogens with zero attached hydrogens (tertiary/aromatic N) is 3. The summed E-state index contributed by atoms with van der Waals surface area (Å²) >= 11 is 0. The first-order valence-corrected chi connectivity index (χ1v) is 8.09. The lowest BCUT2D eigenvalue weighted by Gasteiger charge is -2.26. The number of hydrogen-bond donors (Lipinski definition) is 0. The molecule has 0 spiro atoms. The number of anilines is 1. The average Bonchev–Trinajstić information content (AvgIpc) is 3.03. The average molecular weight is 313 g/mol. The van der Waals surface area contributed by atoms with Gasteiger partial charge in [0, 0.05) is 38.0 Å². The second-order valence-electron chi connectivity index (χ2n) is 7.44. The van der Waals surface area contributed by atoms with Gasteiger partial charge in [-0.05, 0) is 32.9 Å². The minimum atomic E-state index is -0.452. The van der Waals surface area contributed by atoms with Crippen molar-refractivity contribution >= 4 is 11.8 Å².